The highest BCUT2D eigenvalue weighted by atomic mass is 35.5. The van der Waals surface area contributed by atoms with Crippen molar-refractivity contribution in [2.24, 2.45) is 0 Å². The van der Waals surface area contributed by atoms with Crippen LogP contribution in [-0.2, 0) is 11.3 Å². The van der Waals surface area contributed by atoms with Gasteiger partial charge in [-0.2, -0.15) is 0 Å². The number of halogens is 3. The Morgan fingerprint density at radius 3 is 2.65 bits per heavy atom. The van der Waals surface area contributed by atoms with E-state index in [-0.39, 0.29) is 5.38 Å². The summed E-state index contributed by atoms with van der Waals surface area (Å²) in [5.74, 6) is 0. The van der Waals surface area contributed by atoms with Crippen LogP contribution in [-0.4, -0.2) is 37.6 Å². The summed E-state index contributed by atoms with van der Waals surface area (Å²) in [6.45, 7) is 2.03. The Kier molecular flexibility index (Phi) is 6.60. The SMILES string of the molecule is COCC(Cl)CN(C)Cc1ccc(Cl)cc1Cl. The van der Waals surface area contributed by atoms with E-state index in [0.717, 1.165) is 18.7 Å². The maximum atomic E-state index is 6.10. The number of nitrogens with zero attached hydrogens (tertiary/aromatic N) is 1. The summed E-state index contributed by atoms with van der Waals surface area (Å²) in [4.78, 5) is 2.10. The Hall–Kier alpha value is 0.01000. The van der Waals surface area contributed by atoms with E-state index in [1.54, 1.807) is 13.2 Å². The summed E-state index contributed by atoms with van der Waals surface area (Å²) in [6, 6.07) is 5.52. The average molecular weight is 297 g/mol. The van der Waals surface area contributed by atoms with Crippen molar-refractivity contribution in [2.75, 3.05) is 27.3 Å². The van der Waals surface area contributed by atoms with Crippen molar-refractivity contribution < 1.29 is 4.74 Å². The Balaban J connectivity index is 2.52. The van der Waals surface area contributed by atoms with E-state index < -0.39 is 0 Å². The molecule has 0 radical (unpaired) electrons. The third-order valence-electron chi connectivity index (χ3n) is 2.31. The maximum absolute atomic E-state index is 6.10. The summed E-state index contributed by atoms with van der Waals surface area (Å²) < 4.78 is 4.99. The molecule has 0 heterocycles. The Morgan fingerprint density at radius 2 is 2.06 bits per heavy atom. The van der Waals surface area contributed by atoms with Crippen LogP contribution in [0.25, 0.3) is 0 Å². The van der Waals surface area contributed by atoms with Gasteiger partial charge in [0.1, 0.15) is 0 Å². The number of methoxy groups -OCH3 is 1. The van der Waals surface area contributed by atoms with Crippen LogP contribution in [0.15, 0.2) is 18.2 Å². The zero-order chi connectivity index (χ0) is 12.8. The van der Waals surface area contributed by atoms with E-state index >= 15 is 0 Å². The van der Waals surface area contributed by atoms with Gasteiger partial charge in [0.15, 0.2) is 0 Å². The Morgan fingerprint density at radius 1 is 1.35 bits per heavy atom. The van der Waals surface area contributed by atoms with Gasteiger partial charge in [0.2, 0.25) is 0 Å². The van der Waals surface area contributed by atoms with Crippen molar-refractivity contribution in [2.45, 2.75) is 11.9 Å². The molecule has 0 spiro atoms. The fourth-order valence-corrected chi connectivity index (χ4v) is 2.41. The molecule has 96 valence electrons. The molecule has 0 fully saturated rings. The van der Waals surface area contributed by atoms with E-state index in [1.807, 2.05) is 19.2 Å². The molecule has 0 aliphatic heterocycles. The van der Waals surface area contributed by atoms with Crippen LogP contribution in [0.4, 0.5) is 0 Å². The van der Waals surface area contributed by atoms with Crippen LogP contribution < -0.4 is 0 Å². The monoisotopic (exact) mass is 295 g/mol. The van der Waals surface area contributed by atoms with Gasteiger partial charge in [-0.05, 0) is 24.7 Å². The first-order valence-electron chi connectivity index (χ1n) is 5.28. The minimum Gasteiger partial charge on any atom is -0.383 e. The molecule has 0 amide bonds. The lowest BCUT2D eigenvalue weighted by Gasteiger charge is -2.20. The van der Waals surface area contributed by atoms with Crippen LogP contribution in [0.3, 0.4) is 0 Å². The molecule has 1 atom stereocenters. The first kappa shape index (κ1) is 15.1. The quantitative estimate of drug-likeness (QED) is 0.743. The molecular formula is C12H16Cl3NO. The lowest BCUT2D eigenvalue weighted by Crippen LogP contribution is -2.28. The lowest BCUT2D eigenvalue weighted by molar-refractivity contribution is 0.181. The van der Waals surface area contributed by atoms with Gasteiger partial charge in [-0.15, -0.1) is 11.6 Å². The first-order chi connectivity index (χ1) is 8.02. The molecule has 0 aromatic heterocycles. The highest BCUT2D eigenvalue weighted by Crippen LogP contribution is 2.22. The van der Waals surface area contributed by atoms with E-state index in [4.69, 9.17) is 39.5 Å². The molecule has 5 heteroatoms. The second-order valence-corrected chi connectivity index (χ2v) is 5.45. The highest BCUT2D eigenvalue weighted by Gasteiger charge is 2.10. The van der Waals surface area contributed by atoms with Gasteiger partial charge in [0.05, 0.1) is 12.0 Å². The minimum absolute atomic E-state index is 0.0175. The number of hydrogen-bond acceptors (Lipinski definition) is 2. The number of rotatable bonds is 6. The van der Waals surface area contributed by atoms with Crippen molar-refractivity contribution in [3.8, 4) is 0 Å². The summed E-state index contributed by atoms with van der Waals surface area (Å²) >= 11 is 18.0. The highest BCUT2D eigenvalue weighted by molar-refractivity contribution is 6.35. The number of hydrogen-bond donors (Lipinski definition) is 0. The standard InChI is InChI=1S/C12H16Cl3NO/c1-16(7-11(14)8-17-2)6-9-3-4-10(13)5-12(9)15/h3-5,11H,6-8H2,1-2H3. The van der Waals surface area contributed by atoms with Gasteiger partial charge in [0, 0.05) is 30.2 Å². The largest absolute Gasteiger partial charge is 0.383 e. The fraction of sp³-hybridized carbons (Fsp3) is 0.500. The molecule has 0 N–H and O–H groups in total. The Bertz CT molecular complexity index is 360. The zero-order valence-electron chi connectivity index (χ0n) is 9.92. The number of ether oxygens (including phenoxy) is 1. The molecule has 1 rings (SSSR count). The molecule has 1 aromatic carbocycles. The van der Waals surface area contributed by atoms with Crippen molar-refractivity contribution in [3.63, 3.8) is 0 Å². The molecule has 0 saturated carbocycles. The lowest BCUT2D eigenvalue weighted by atomic mass is 10.2. The summed E-state index contributed by atoms with van der Waals surface area (Å²) in [5.41, 5.74) is 1.04. The molecule has 0 aliphatic carbocycles. The van der Waals surface area contributed by atoms with Crippen LogP contribution in [0, 0.1) is 0 Å². The fourth-order valence-electron chi connectivity index (χ4n) is 1.58. The second-order valence-electron chi connectivity index (χ2n) is 3.99. The predicted molar refractivity (Wildman–Crippen MR) is 74.3 cm³/mol. The average Bonchev–Trinajstić information content (AvgIpc) is 2.22. The first-order valence-corrected chi connectivity index (χ1v) is 6.47. The molecule has 0 bridgehead atoms. The maximum Gasteiger partial charge on any atom is 0.0696 e. The van der Waals surface area contributed by atoms with Crippen LogP contribution >= 0.6 is 34.8 Å². The zero-order valence-corrected chi connectivity index (χ0v) is 12.2. The van der Waals surface area contributed by atoms with Crippen molar-refractivity contribution in [1.29, 1.82) is 0 Å². The van der Waals surface area contributed by atoms with Gasteiger partial charge in [-0.1, -0.05) is 29.3 Å². The van der Waals surface area contributed by atoms with E-state index in [1.165, 1.54) is 0 Å². The van der Waals surface area contributed by atoms with Crippen molar-refractivity contribution in [3.05, 3.63) is 33.8 Å². The van der Waals surface area contributed by atoms with Crippen molar-refractivity contribution >= 4 is 34.8 Å². The third-order valence-corrected chi connectivity index (χ3v) is 3.16. The van der Waals surface area contributed by atoms with E-state index in [0.29, 0.717) is 16.7 Å². The van der Waals surface area contributed by atoms with Crippen LogP contribution in [0.2, 0.25) is 10.0 Å². The van der Waals surface area contributed by atoms with E-state index in [9.17, 15) is 0 Å². The normalized spacial score (nSPS) is 13.1. The number of benzene rings is 1. The van der Waals surface area contributed by atoms with Gasteiger partial charge in [-0.25, -0.2) is 0 Å². The number of alkyl halides is 1. The molecule has 2 nitrogen and oxygen atoms in total. The minimum atomic E-state index is -0.0175. The smallest absolute Gasteiger partial charge is 0.0696 e. The van der Waals surface area contributed by atoms with E-state index in [2.05, 4.69) is 4.90 Å². The topological polar surface area (TPSA) is 12.5 Å². The molecule has 0 aliphatic rings. The van der Waals surface area contributed by atoms with Gasteiger partial charge < -0.3 is 9.64 Å². The van der Waals surface area contributed by atoms with Crippen LogP contribution in [0.1, 0.15) is 5.56 Å². The van der Waals surface area contributed by atoms with Gasteiger partial charge in [-0.3, -0.25) is 0 Å². The molecule has 0 saturated heterocycles. The van der Waals surface area contributed by atoms with Crippen molar-refractivity contribution in [1.82, 2.24) is 4.90 Å². The van der Waals surface area contributed by atoms with Crippen LogP contribution in [0.5, 0.6) is 0 Å². The molecule has 17 heavy (non-hydrogen) atoms. The summed E-state index contributed by atoms with van der Waals surface area (Å²) in [7, 11) is 3.64. The van der Waals surface area contributed by atoms with Gasteiger partial charge >= 0.3 is 0 Å². The third kappa shape index (κ3) is 5.45. The molecule has 1 unspecified atom stereocenters. The summed E-state index contributed by atoms with van der Waals surface area (Å²) in [6.07, 6.45) is 0. The predicted octanol–water partition coefficient (Wildman–Crippen LogP) is 3.68. The molecule has 1 aromatic rings. The Labute approximate surface area is 117 Å². The second kappa shape index (κ2) is 7.45. The summed E-state index contributed by atoms with van der Waals surface area (Å²) in [5, 5.41) is 1.31. The molecular weight excluding hydrogens is 280 g/mol. The van der Waals surface area contributed by atoms with Gasteiger partial charge in [0.25, 0.3) is 0 Å².